The Hall–Kier alpha value is -1.13. The molecule has 1 fully saturated rings. The molecule has 0 aromatic heterocycles. The Bertz CT molecular complexity index is 433. The van der Waals surface area contributed by atoms with Gasteiger partial charge in [0.2, 0.25) is 0 Å². The van der Waals surface area contributed by atoms with Crippen molar-refractivity contribution in [1.82, 2.24) is 5.32 Å². The zero-order chi connectivity index (χ0) is 15.1. The second-order valence-corrected chi connectivity index (χ2v) is 5.94. The van der Waals surface area contributed by atoms with E-state index in [-0.39, 0.29) is 12.4 Å². The van der Waals surface area contributed by atoms with Crippen LogP contribution < -0.4 is 10.2 Å². The fourth-order valence-electron chi connectivity index (χ4n) is 3.04. The molecule has 1 aliphatic carbocycles. The average molecular weight is 294 g/mol. The van der Waals surface area contributed by atoms with E-state index in [1.165, 1.54) is 19.3 Å². The molecule has 0 unspecified atom stereocenters. The Balaban J connectivity index is 2.00. The lowest BCUT2D eigenvalue weighted by Gasteiger charge is -2.33. The number of nitrogens with one attached hydrogen (secondary N) is 1. The van der Waals surface area contributed by atoms with Gasteiger partial charge in [0.15, 0.2) is 0 Å². The first-order valence-corrected chi connectivity index (χ1v) is 8.05. The van der Waals surface area contributed by atoms with Crippen molar-refractivity contribution in [2.24, 2.45) is 0 Å². The van der Waals surface area contributed by atoms with Gasteiger partial charge in [0.25, 0.3) is 0 Å². The van der Waals surface area contributed by atoms with Crippen LogP contribution in [0.1, 0.15) is 44.1 Å². The molecule has 0 saturated heterocycles. The van der Waals surface area contributed by atoms with Crippen LogP contribution in [0.2, 0.25) is 0 Å². The topological polar surface area (TPSA) is 35.5 Å². The van der Waals surface area contributed by atoms with Gasteiger partial charge in [-0.15, -0.1) is 0 Å². The molecule has 0 aliphatic heterocycles. The lowest BCUT2D eigenvalue weighted by molar-refractivity contribution is 0.286. The highest BCUT2D eigenvalue weighted by molar-refractivity contribution is 5.50. The maximum absolute atomic E-state index is 14.1. The predicted octanol–water partition coefficient (Wildman–Crippen LogP) is 3.07. The molecule has 0 bridgehead atoms. The molecular formula is C17H27FN2O. The number of hydrogen-bond acceptors (Lipinski definition) is 3. The number of anilines is 1. The Morgan fingerprint density at radius 1 is 1.29 bits per heavy atom. The third-order valence-corrected chi connectivity index (χ3v) is 4.35. The third kappa shape index (κ3) is 4.68. The molecule has 3 nitrogen and oxygen atoms in total. The van der Waals surface area contributed by atoms with E-state index in [0.29, 0.717) is 18.3 Å². The first-order valence-electron chi connectivity index (χ1n) is 8.05. The SMILES string of the molecule is CN(c1cc(CNCCCO)ccc1F)C1CCCCC1. The molecule has 1 saturated carbocycles. The maximum atomic E-state index is 14.1. The predicted molar refractivity (Wildman–Crippen MR) is 85.1 cm³/mol. The molecule has 1 aromatic rings. The van der Waals surface area contributed by atoms with Crippen LogP contribution in [0, 0.1) is 5.82 Å². The minimum absolute atomic E-state index is 0.137. The summed E-state index contributed by atoms with van der Waals surface area (Å²) in [5.74, 6) is -0.137. The van der Waals surface area contributed by atoms with Gasteiger partial charge in [-0.05, 0) is 43.5 Å². The summed E-state index contributed by atoms with van der Waals surface area (Å²) in [5, 5.41) is 12.0. The fourth-order valence-corrected chi connectivity index (χ4v) is 3.04. The maximum Gasteiger partial charge on any atom is 0.146 e. The summed E-state index contributed by atoms with van der Waals surface area (Å²) in [6, 6.07) is 5.82. The molecule has 0 heterocycles. The highest BCUT2D eigenvalue weighted by Gasteiger charge is 2.20. The van der Waals surface area contributed by atoms with Crippen LogP contribution in [0.15, 0.2) is 18.2 Å². The normalized spacial score (nSPS) is 16.1. The van der Waals surface area contributed by atoms with Crippen molar-refractivity contribution in [2.75, 3.05) is 25.1 Å². The number of halogens is 1. The number of rotatable bonds is 7. The van der Waals surface area contributed by atoms with E-state index in [1.54, 1.807) is 6.07 Å². The first kappa shape index (κ1) is 16.2. The quantitative estimate of drug-likeness (QED) is 0.759. The molecule has 2 rings (SSSR count). The van der Waals surface area contributed by atoms with Crippen LogP contribution in [0.5, 0.6) is 0 Å². The standard InChI is InChI=1S/C17H27FN2O/c1-20(15-6-3-2-4-7-15)17-12-14(8-9-16(17)18)13-19-10-5-11-21/h8-9,12,15,19,21H,2-7,10-11,13H2,1H3. The molecule has 1 aliphatic rings. The summed E-state index contributed by atoms with van der Waals surface area (Å²) in [4.78, 5) is 2.12. The molecule has 0 radical (unpaired) electrons. The Morgan fingerprint density at radius 3 is 2.76 bits per heavy atom. The van der Waals surface area contributed by atoms with Crippen LogP contribution >= 0.6 is 0 Å². The van der Waals surface area contributed by atoms with Gasteiger partial charge in [0, 0.05) is 26.2 Å². The van der Waals surface area contributed by atoms with Crippen LogP contribution in [0.25, 0.3) is 0 Å². The van der Waals surface area contributed by atoms with E-state index >= 15 is 0 Å². The van der Waals surface area contributed by atoms with Crippen LogP contribution in [-0.2, 0) is 6.54 Å². The Kier molecular flexibility index (Phi) is 6.46. The minimum Gasteiger partial charge on any atom is -0.396 e. The number of aliphatic hydroxyl groups excluding tert-OH is 1. The zero-order valence-corrected chi connectivity index (χ0v) is 12.9. The van der Waals surface area contributed by atoms with Crippen molar-refractivity contribution in [3.63, 3.8) is 0 Å². The van der Waals surface area contributed by atoms with Gasteiger partial charge in [-0.1, -0.05) is 25.3 Å². The fraction of sp³-hybridized carbons (Fsp3) is 0.647. The average Bonchev–Trinajstić information content (AvgIpc) is 2.53. The lowest BCUT2D eigenvalue weighted by Crippen LogP contribution is -2.34. The number of nitrogens with zero attached hydrogens (tertiary/aromatic N) is 1. The third-order valence-electron chi connectivity index (χ3n) is 4.35. The summed E-state index contributed by atoms with van der Waals surface area (Å²) in [6.07, 6.45) is 6.87. The molecule has 0 amide bonds. The molecule has 118 valence electrons. The highest BCUT2D eigenvalue weighted by atomic mass is 19.1. The van der Waals surface area contributed by atoms with E-state index in [0.717, 1.165) is 31.4 Å². The van der Waals surface area contributed by atoms with Crippen molar-refractivity contribution in [3.05, 3.63) is 29.6 Å². The van der Waals surface area contributed by atoms with E-state index in [2.05, 4.69) is 10.2 Å². The van der Waals surface area contributed by atoms with Crippen molar-refractivity contribution >= 4 is 5.69 Å². The molecule has 0 spiro atoms. The summed E-state index contributed by atoms with van der Waals surface area (Å²) < 4.78 is 14.1. The second kappa shape index (κ2) is 8.35. The van der Waals surface area contributed by atoms with Gasteiger partial charge in [0.05, 0.1) is 5.69 Å². The molecule has 1 aromatic carbocycles. The van der Waals surface area contributed by atoms with Gasteiger partial charge < -0.3 is 15.3 Å². The smallest absolute Gasteiger partial charge is 0.146 e. The number of hydrogen-bond donors (Lipinski definition) is 2. The second-order valence-electron chi connectivity index (χ2n) is 5.94. The minimum atomic E-state index is -0.137. The number of benzene rings is 1. The molecule has 21 heavy (non-hydrogen) atoms. The Labute approximate surface area is 127 Å². The van der Waals surface area contributed by atoms with Crippen LogP contribution in [0.4, 0.5) is 10.1 Å². The van der Waals surface area contributed by atoms with Crippen molar-refractivity contribution < 1.29 is 9.50 Å². The Morgan fingerprint density at radius 2 is 2.05 bits per heavy atom. The summed E-state index contributed by atoms with van der Waals surface area (Å²) in [6.45, 7) is 1.69. The summed E-state index contributed by atoms with van der Waals surface area (Å²) in [7, 11) is 2.01. The molecule has 4 heteroatoms. The highest BCUT2D eigenvalue weighted by Crippen LogP contribution is 2.28. The van der Waals surface area contributed by atoms with Crippen molar-refractivity contribution in [3.8, 4) is 0 Å². The van der Waals surface area contributed by atoms with Crippen molar-refractivity contribution in [1.29, 1.82) is 0 Å². The van der Waals surface area contributed by atoms with E-state index in [1.807, 2.05) is 19.2 Å². The van der Waals surface area contributed by atoms with E-state index in [9.17, 15) is 4.39 Å². The van der Waals surface area contributed by atoms with Gasteiger partial charge in [-0.25, -0.2) is 4.39 Å². The number of aliphatic hydroxyl groups is 1. The molecular weight excluding hydrogens is 267 g/mol. The molecule has 2 N–H and O–H groups in total. The first-order chi connectivity index (χ1) is 10.2. The molecule has 0 atom stereocenters. The monoisotopic (exact) mass is 294 g/mol. The van der Waals surface area contributed by atoms with Crippen LogP contribution in [-0.4, -0.2) is 31.3 Å². The lowest BCUT2D eigenvalue weighted by atomic mass is 9.94. The zero-order valence-electron chi connectivity index (χ0n) is 12.9. The van der Waals surface area contributed by atoms with Crippen LogP contribution in [0.3, 0.4) is 0 Å². The van der Waals surface area contributed by atoms with E-state index in [4.69, 9.17) is 5.11 Å². The van der Waals surface area contributed by atoms with Gasteiger partial charge in [-0.3, -0.25) is 0 Å². The van der Waals surface area contributed by atoms with Gasteiger partial charge in [-0.2, -0.15) is 0 Å². The van der Waals surface area contributed by atoms with Crippen molar-refractivity contribution in [2.45, 2.75) is 51.1 Å². The summed E-state index contributed by atoms with van der Waals surface area (Å²) >= 11 is 0. The van der Waals surface area contributed by atoms with Gasteiger partial charge in [0.1, 0.15) is 5.82 Å². The largest absolute Gasteiger partial charge is 0.396 e. The van der Waals surface area contributed by atoms with E-state index < -0.39 is 0 Å². The summed E-state index contributed by atoms with van der Waals surface area (Å²) in [5.41, 5.74) is 1.80. The van der Waals surface area contributed by atoms with Gasteiger partial charge >= 0.3 is 0 Å².